The average Bonchev–Trinajstić information content (AvgIpc) is 3.54. The van der Waals surface area contributed by atoms with Crippen LogP contribution in [-0.2, 0) is 16.1 Å². The molecule has 9 heteroatoms. The Morgan fingerprint density at radius 2 is 1.91 bits per heavy atom. The molecule has 1 aliphatic heterocycles. The summed E-state index contributed by atoms with van der Waals surface area (Å²) in [5, 5.41) is 21.5. The van der Waals surface area contributed by atoms with E-state index in [0.29, 0.717) is 29.9 Å². The van der Waals surface area contributed by atoms with Crippen molar-refractivity contribution in [3.05, 3.63) is 89.4 Å². The van der Waals surface area contributed by atoms with Crippen LogP contribution in [-0.4, -0.2) is 52.3 Å². The van der Waals surface area contributed by atoms with E-state index in [1.54, 1.807) is 31.6 Å². The maximum Gasteiger partial charge on any atom is 0.295 e. The molecule has 1 saturated heterocycles. The Hall–Kier alpha value is -4.40. The molecule has 35 heavy (non-hydrogen) atoms. The number of benzene rings is 1. The van der Waals surface area contributed by atoms with Gasteiger partial charge in [-0.15, -0.1) is 0 Å². The number of aryl methyl sites for hydroxylation is 3. The quantitative estimate of drug-likeness (QED) is 0.253. The smallest absolute Gasteiger partial charge is 0.295 e. The van der Waals surface area contributed by atoms with Crippen molar-refractivity contribution in [2.45, 2.75) is 32.9 Å². The number of nitrogens with zero attached hydrogens (tertiary/aromatic N) is 5. The van der Waals surface area contributed by atoms with Gasteiger partial charge >= 0.3 is 0 Å². The number of imidazole rings is 2. The van der Waals surface area contributed by atoms with Gasteiger partial charge in [-0.05, 0) is 49.6 Å². The number of carbonyl (C=O) groups is 2. The van der Waals surface area contributed by atoms with Crippen LogP contribution in [0.4, 0.5) is 0 Å². The third-order valence-corrected chi connectivity index (χ3v) is 6.41. The number of amides is 1. The van der Waals surface area contributed by atoms with Gasteiger partial charge in [0.25, 0.3) is 11.7 Å². The maximum absolute atomic E-state index is 13.3. The summed E-state index contributed by atoms with van der Waals surface area (Å²) in [5.74, 6) is -1.78. The Morgan fingerprint density at radius 3 is 2.63 bits per heavy atom. The van der Waals surface area contributed by atoms with Gasteiger partial charge in [0.05, 0.1) is 23.6 Å². The van der Waals surface area contributed by atoms with Crippen LogP contribution in [0.2, 0.25) is 0 Å². The summed E-state index contributed by atoms with van der Waals surface area (Å²) in [4.78, 5) is 36.5. The molecular formula is C26H25N5O4. The van der Waals surface area contributed by atoms with E-state index in [-0.39, 0.29) is 29.3 Å². The number of fused-ring (bicyclic) bond motifs is 1. The van der Waals surface area contributed by atoms with Gasteiger partial charge < -0.3 is 24.1 Å². The van der Waals surface area contributed by atoms with E-state index >= 15 is 0 Å². The predicted octanol–water partition coefficient (Wildman–Crippen LogP) is 3.37. The van der Waals surface area contributed by atoms with Gasteiger partial charge in [0, 0.05) is 31.7 Å². The molecule has 4 heterocycles. The average molecular weight is 472 g/mol. The monoisotopic (exact) mass is 471 g/mol. The molecule has 1 aliphatic rings. The summed E-state index contributed by atoms with van der Waals surface area (Å²) in [7, 11) is 0. The minimum Gasteiger partial charge on any atom is -0.508 e. The van der Waals surface area contributed by atoms with E-state index < -0.39 is 17.7 Å². The number of Topliss-reactive ketones (excluding diaryl/α,β-unsaturated/α-hetero) is 1. The molecule has 0 spiro atoms. The molecule has 9 nitrogen and oxygen atoms in total. The molecule has 178 valence electrons. The molecule has 1 fully saturated rings. The highest BCUT2D eigenvalue weighted by Gasteiger charge is 2.46. The minimum atomic E-state index is -0.852. The number of aliphatic hydroxyl groups is 1. The van der Waals surface area contributed by atoms with Crippen molar-refractivity contribution < 1.29 is 19.8 Å². The molecule has 0 bridgehead atoms. The Kier molecular flexibility index (Phi) is 5.60. The molecular weight excluding hydrogens is 446 g/mol. The number of likely N-dealkylation sites (tertiary alicyclic amines) is 1. The van der Waals surface area contributed by atoms with E-state index in [1.165, 1.54) is 17.0 Å². The number of aromatic hydroxyl groups is 1. The lowest BCUT2D eigenvalue weighted by Crippen LogP contribution is -2.31. The first-order valence-corrected chi connectivity index (χ1v) is 11.3. The molecule has 5 rings (SSSR count). The van der Waals surface area contributed by atoms with Crippen LogP contribution in [0.1, 0.15) is 35.0 Å². The number of rotatable bonds is 6. The van der Waals surface area contributed by atoms with Gasteiger partial charge in [0.1, 0.15) is 17.1 Å². The van der Waals surface area contributed by atoms with Crippen LogP contribution in [0.5, 0.6) is 5.75 Å². The Morgan fingerprint density at radius 1 is 1.09 bits per heavy atom. The van der Waals surface area contributed by atoms with Crippen molar-refractivity contribution >= 4 is 23.1 Å². The lowest BCUT2D eigenvalue weighted by Gasteiger charge is -2.25. The first kappa shape index (κ1) is 22.4. The fourth-order valence-electron chi connectivity index (χ4n) is 4.67. The second kappa shape index (κ2) is 8.75. The van der Waals surface area contributed by atoms with E-state index in [4.69, 9.17) is 0 Å². The van der Waals surface area contributed by atoms with Gasteiger partial charge in [-0.3, -0.25) is 9.59 Å². The van der Waals surface area contributed by atoms with Gasteiger partial charge in [-0.2, -0.15) is 0 Å². The van der Waals surface area contributed by atoms with Crippen LogP contribution in [0.25, 0.3) is 11.4 Å². The standard InChI is InChI=1S/C26H25N5O4/c1-16-6-4-11-30-17(2)21(28-25(16)30)23(33)20-22(18-7-3-8-19(32)14-18)31(26(35)24(20)34)12-5-10-29-13-9-27-15-29/h3-4,6-9,11,13-15,22,32-33H,5,10,12H2,1-2H3/b23-20+. The zero-order valence-corrected chi connectivity index (χ0v) is 19.4. The molecule has 4 aromatic rings. The number of hydrogen-bond donors (Lipinski definition) is 2. The van der Waals surface area contributed by atoms with E-state index in [0.717, 1.165) is 5.56 Å². The van der Waals surface area contributed by atoms with Crippen molar-refractivity contribution in [1.29, 1.82) is 0 Å². The SMILES string of the molecule is Cc1cccn2c(C)c(/C(O)=C3\C(=O)C(=O)N(CCCn4ccnc4)C3c3cccc(O)c3)nc12. The molecule has 0 saturated carbocycles. The van der Waals surface area contributed by atoms with Crippen molar-refractivity contribution in [2.24, 2.45) is 0 Å². The summed E-state index contributed by atoms with van der Waals surface area (Å²) in [6, 6.07) is 9.35. The Balaban J connectivity index is 1.61. The Bertz CT molecular complexity index is 1470. The van der Waals surface area contributed by atoms with Gasteiger partial charge in [-0.25, -0.2) is 9.97 Å². The highest BCUT2D eigenvalue weighted by molar-refractivity contribution is 6.46. The lowest BCUT2D eigenvalue weighted by atomic mass is 9.96. The first-order chi connectivity index (χ1) is 16.9. The first-order valence-electron chi connectivity index (χ1n) is 11.3. The maximum atomic E-state index is 13.3. The third kappa shape index (κ3) is 3.84. The highest BCUT2D eigenvalue weighted by atomic mass is 16.3. The van der Waals surface area contributed by atoms with Gasteiger partial charge in [0.15, 0.2) is 5.76 Å². The van der Waals surface area contributed by atoms with Crippen LogP contribution in [0, 0.1) is 13.8 Å². The number of carbonyl (C=O) groups excluding carboxylic acids is 2. The van der Waals surface area contributed by atoms with Gasteiger partial charge in [-0.1, -0.05) is 18.2 Å². The summed E-state index contributed by atoms with van der Waals surface area (Å²) in [6.45, 7) is 4.61. The van der Waals surface area contributed by atoms with Crippen molar-refractivity contribution in [3.63, 3.8) is 0 Å². The zero-order valence-electron chi connectivity index (χ0n) is 19.4. The largest absolute Gasteiger partial charge is 0.508 e. The topological polar surface area (TPSA) is 113 Å². The zero-order chi connectivity index (χ0) is 24.7. The number of aliphatic hydroxyl groups excluding tert-OH is 1. The van der Waals surface area contributed by atoms with Crippen molar-refractivity contribution in [1.82, 2.24) is 23.8 Å². The van der Waals surface area contributed by atoms with Crippen LogP contribution in [0.3, 0.4) is 0 Å². The molecule has 0 radical (unpaired) electrons. The number of phenolic OH excluding ortho intramolecular Hbond substituents is 1. The fourth-order valence-corrected chi connectivity index (χ4v) is 4.67. The number of aromatic nitrogens is 4. The molecule has 1 atom stereocenters. The number of pyridine rings is 1. The molecule has 3 aromatic heterocycles. The van der Waals surface area contributed by atoms with Gasteiger partial charge in [0.2, 0.25) is 0 Å². The molecule has 1 aromatic carbocycles. The number of ketones is 1. The molecule has 1 amide bonds. The summed E-state index contributed by atoms with van der Waals surface area (Å²) in [5.41, 5.74) is 2.98. The van der Waals surface area contributed by atoms with Crippen LogP contribution in [0.15, 0.2) is 66.9 Å². The number of phenols is 1. The van der Waals surface area contributed by atoms with Crippen molar-refractivity contribution in [2.75, 3.05) is 6.54 Å². The third-order valence-electron chi connectivity index (χ3n) is 6.41. The number of hydrogen-bond acceptors (Lipinski definition) is 6. The van der Waals surface area contributed by atoms with Crippen molar-refractivity contribution in [3.8, 4) is 5.75 Å². The second-order valence-corrected chi connectivity index (χ2v) is 8.67. The normalized spacial score (nSPS) is 17.5. The summed E-state index contributed by atoms with van der Waals surface area (Å²) < 4.78 is 3.73. The second-order valence-electron chi connectivity index (χ2n) is 8.67. The van der Waals surface area contributed by atoms with E-state index in [9.17, 15) is 19.8 Å². The molecule has 1 unspecified atom stereocenters. The highest BCUT2D eigenvalue weighted by Crippen LogP contribution is 2.40. The van der Waals surface area contributed by atoms with E-state index in [2.05, 4.69) is 9.97 Å². The molecule has 0 aliphatic carbocycles. The summed E-state index contributed by atoms with van der Waals surface area (Å²) in [6.07, 6.45) is 7.61. The Labute approximate surface area is 201 Å². The van der Waals surface area contributed by atoms with E-state index in [1.807, 2.05) is 40.4 Å². The fraction of sp³-hybridized carbons (Fsp3) is 0.231. The van der Waals surface area contributed by atoms with Crippen LogP contribution < -0.4 is 0 Å². The lowest BCUT2D eigenvalue weighted by molar-refractivity contribution is -0.139. The molecule has 2 N–H and O–H groups in total. The minimum absolute atomic E-state index is 0.00559. The predicted molar refractivity (Wildman–Crippen MR) is 129 cm³/mol. The summed E-state index contributed by atoms with van der Waals surface area (Å²) >= 11 is 0. The van der Waals surface area contributed by atoms with Crippen LogP contribution >= 0.6 is 0 Å².